The minimum Gasteiger partial charge on any atom is -0.377 e. The Labute approximate surface area is 136 Å². The summed E-state index contributed by atoms with van der Waals surface area (Å²) < 4.78 is 23.9. The van der Waals surface area contributed by atoms with E-state index >= 15 is 0 Å². The van der Waals surface area contributed by atoms with Crippen LogP contribution in [0.4, 0.5) is 0 Å². The van der Waals surface area contributed by atoms with Gasteiger partial charge in [-0.1, -0.05) is 66.7 Å². The summed E-state index contributed by atoms with van der Waals surface area (Å²) in [6.45, 7) is 1.96. The number of aliphatic hydroxyl groups excluding tert-OH is 1. The molecule has 0 aliphatic rings. The third kappa shape index (κ3) is 5.45. The summed E-state index contributed by atoms with van der Waals surface area (Å²) in [5, 5.41) is 10.1. The molecule has 0 heterocycles. The molecule has 0 saturated heterocycles. The van der Waals surface area contributed by atoms with Gasteiger partial charge in [-0.15, -0.1) is 0 Å². The Morgan fingerprint density at radius 3 is 1.78 bits per heavy atom. The fraction of sp³-hybridized carbons (Fsp3) is 0.222. The minimum absolute atomic E-state index is 0.113. The maximum absolute atomic E-state index is 12.9. The van der Waals surface area contributed by atoms with E-state index < -0.39 is 13.4 Å². The molecule has 23 heavy (non-hydrogen) atoms. The molecule has 0 aromatic heterocycles. The third-order valence-electron chi connectivity index (χ3n) is 3.20. The van der Waals surface area contributed by atoms with E-state index in [1.165, 1.54) is 6.08 Å². The van der Waals surface area contributed by atoms with Crippen LogP contribution in [0, 0.1) is 0 Å². The zero-order valence-electron chi connectivity index (χ0n) is 13.0. The second-order valence-corrected chi connectivity index (χ2v) is 7.12. The molecule has 0 saturated carbocycles. The van der Waals surface area contributed by atoms with Gasteiger partial charge in [0.05, 0.1) is 13.2 Å². The van der Waals surface area contributed by atoms with E-state index in [9.17, 15) is 9.67 Å². The molecule has 5 heteroatoms. The van der Waals surface area contributed by atoms with Crippen molar-refractivity contribution in [1.82, 2.24) is 0 Å². The summed E-state index contributed by atoms with van der Waals surface area (Å²) in [5.74, 6) is -1.29. The van der Waals surface area contributed by atoms with Crippen molar-refractivity contribution in [1.29, 1.82) is 0 Å². The Balaban J connectivity index is 2.07. The van der Waals surface area contributed by atoms with Crippen molar-refractivity contribution in [2.24, 2.45) is 0 Å². The molecule has 0 bridgehead atoms. The summed E-state index contributed by atoms with van der Waals surface area (Å²) in [7, 11) is -3.69. The number of benzene rings is 2. The van der Waals surface area contributed by atoms with Crippen LogP contribution in [0.1, 0.15) is 18.1 Å². The second kappa shape index (κ2) is 8.80. The molecule has 2 rings (SSSR count). The normalized spacial score (nSPS) is 13.3. The lowest BCUT2D eigenvalue weighted by atomic mass is 10.2. The van der Waals surface area contributed by atoms with Crippen molar-refractivity contribution in [2.75, 3.05) is 0 Å². The van der Waals surface area contributed by atoms with Gasteiger partial charge in [0.25, 0.3) is 0 Å². The lowest BCUT2D eigenvalue weighted by molar-refractivity contribution is 0.148. The van der Waals surface area contributed by atoms with Gasteiger partial charge in [-0.25, -0.2) is 0 Å². The van der Waals surface area contributed by atoms with Crippen LogP contribution < -0.4 is 0 Å². The number of hydrogen-bond donors (Lipinski definition) is 1. The highest BCUT2D eigenvalue weighted by atomic mass is 31.2. The van der Waals surface area contributed by atoms with Crippen LogP contribution in [0.3, 0.4) is 0 Å². The number of allylic oxidation sites excluding steroid dienone is 1. The molecular formula is C18H21O4P. The van der Waals surface area contributed by atoms with Gasteiger partial charge in [0.15, 0.2) is 5.85 Å². The second-order valence-electron chi connectivity index (χ2n) is 5.00. The molecule has 122 valence electrons. The average molecular weight is 332 g/mol. The molecule has 0 aliphatic carbocycles. The highest BCUT2D eigenvalue weighted by molar-refractivity contribution is 7.54. The molecule has 0 unspecified atom stereocenters. The van der Waals surface area contributed by atoms with Gasteiger partial charge in [-0.2, -0.15) is 0 Å². The van der Waals surface area contributed by atoms with Crippen LogP contribution in [0.25, 0.3) is 0 Å². The van der Waals surface area contributed by atoms with Gasteiger partial charge < -0.3 is 14.2 Å². The van der Waals surface area contributed by atoms with Gasteiger partial charge >= 0.3 is 7.60 Å². The van der Waals surface area contributed by atoms with Crippen molar-refractivity contribution in [3.05, 3.63) is 83.9 Å². The molecule has 2 aromatic carbocycles. The molecule has 0 amide bonds. The summed E-state index contributed by atoms with van der Waals surface area (Å²) >= 11 is 0. The van der Waals surface area contributed by atoms with Gasteiger partial charge in [0.1, 0.15) is 0 Å². The van der Waals surface area contributed by atoms with Crippen molar-refractivity contribution in [2.45, 2.75) is 26.0 Å². The first kappa shape index (κ1) is 17.6. The lowest BCUT2D eigenvalue weighted by Crippen LogP contribution is -2.10. The van der Waals surface area contributed by atoms with E-state index in [-0.39, 0.29) is 13.2 Å². The highest BCUT2D eigenvalue weighted by Gasteiger charge is 2.33. The smallest absolute Gasteiger partial charge is 0.363 e. The van der Waals surface area contributed by atoms with Gasteiger partial charge in [-0.05, 0) is 24.1 Å². The lowest BCUT2D eigenvalue weighted by Gasteiger charge is -2.21. The molecule has 0 radical (unpaired) electrons. The Hall–Kier alpha value is -1.71. The molecule has 0 spiro atoms. The van der Waals surface area contributed by atoms with E-state index in [0.717, 1.165) is 11.1 Å². The largest absolute Gasteiger partial charge is 0.377 e. The monoisotopic (exact) mass is 332 g/mol. The van der Waals surface area contributed by atoms with Crippen molar-refractivity contribution < 1.29 is 18.7 Å². The molecule has 2 aromatic rings. The summed E-state index contributed by atoms with van der Waals surface area (Å²) in [5.41, 5.74) is 1.73. The van der Waals surface area contributed by atoms with E-state index in [1.54, 1.807) is 13.0 Å². The SMILES string of the molecule is C/C=C/[C@@H](O)P(=O)(OCc1ccccc1)OCc1ccccc1. The van der Waals surface area contributed by atoms with E-state index in [0.29, 0.717) is 0 Å². The average Bonchev–Trinajstić information content (AvgIpc) is 2.60. The molecule has 0 fully saturated rings. The van der Waals surface area contributed by atoms with Gasteiger partial charge in [0, 0.05) is 0 Å². The minimum atomic E-state index is -3.69. The quantitative estimate of drug-likeness (QED) is 0.571. The molecule has 0 aliphatic heterocycles. The first-order chi connectivity index (χ1) is 11.1. The summed E-state index contributed by atoms with van der Waals surface area (Å²) in [6, 6.07) is 18.7. The Kier molecular flexibility index (Phi) is 6.75. The van der Waals surface area contributed by atoms with Crippen LogP contribution in [-0.2, 0) is 26.8 Å². The van der Waals surface area contributed by atoms with Crippen LogP contribution in [0.2, 0.25) is 0 Å². The number of aliphatic hydroxyl groups is 1. The summed E-state index contributed by atoms with van der Waals surface area (Å²) in [6.07, 6.45) is 3.03. The van der Waals surface area contributed by atoms with Crippen molar-refractivity contribution in [3.8, 4) is 0 Å². The van der Waals surface area contributed by atoms with Gasteiger partial charge in [0.2, 0.25) is 0 Å². The summed E-state index contributed by atoms with van der Waals surface area (Å²) in [4.78, 5) is 0. The molecular weight excluding hydrogens is 311 g/mol. The van der Waals surface area contributed by atoms with E-state index in [2.05, 4.69) is 0 Å². The predicted molar refractivity (Wildman–Crippen MR) is 90.9 cm³/mol. The standard InChI is InChI=1S/C18H21O4P/c1-2-9-18(19)23(20,21-14-16-10-5-3-6-11-16)22-15-17-12-7-4-8-13-17/h2-13,18-19H,14-15H2,1H3/b9-2+/t18-/m0/s1. The zero-order valence-corrected chi connectivity index (χ0v) is 13.9. The Morgan fingerprint density at radius 1 is 0.957 bits per heavy atom. The van der Waals surface area contributed by atoms with Crippen LogP contribution in [-0.4, -0.2) is 11.0 Å². The maximum Gasteiger partial charge on any atom is 0.363 e. The highest BCUT2D eigenvalue weighted by Crippen LogP contribution is 2.53. The molecule has 1 N–H and O–H groups in total. The fourth-order valence-electron chi connectivity index (χ4n) is 1.95. The van der Waals surface area contributed by atoms with E-state index in [1.807, 2.05) is 60.7 Å². The number of rotatable bonds is 8. The predicted octanol–water partition coefficient (Wildman–Crippen LogP) is 4.51. The van der Waals surface area contributed by atoms with Crippen molar-refractivity contribution >= 4 is 7.60 Å². The zero-order chi connectivity index (χ0) is 16.5. The fourth-order valence-corrected chi connectivity index (χ4v) is 3.37. The van der Waals surface area contributed by atoms with Gasteiger partial charge in [-0.3, -0.25) is 4.57 Å². The molecule has 1 atom stereocenters. The topological polar surface area (TPSA) is 55.8 Å². The van der Waals surface area contributed by atoms with Crippen LogP contribution in [0.15, 0.2) is 72.8 Å². The Morgan fingerprint density at radius 2 is 1.39 bits per heavy atom. The first-order valence-corrected chi connectivity index (χ1v) is 9.03. The number of hydrogen-bond acceptors (Lipinski definition) is 4. The van der Waals surface area contributed by atoms with Crippen LogP contribution >= 0.6 is 7.60 Å². The maximum atomic E-state index is 12.9. The van der Waals surface area contributed by atoms with E-state index in [4.69, 9.17) is 9.05 Å². The first-order valence-electron chi connectivity index (χ1n) is 7.41. The third-order valence-corrected chi connectivity index (χ3v) is 4.99. The molecule has 4 nitrogen and oxygen atoms in total. The Bertz CT molecular complexity index is 608. The van der Waals surface area contributed by atoms with Crippen molar-refractivity contribution in [3.63, 3.8) is 0 Å². The van der Waals surface area contributed by atoms with Crippen LogP contribution in [0.5, 0.6) is 0 Å².